The lowest BCUT2D eigenvalue weighted by atomic mass is 10.1. The van der Waals surface area contributed by atoms with Gasteiger partial charge in [-0.25, -0.2) is 0 Å². The highest BCUT2D eigenvalue weighted by Crippen LogP contribution is 2.38. The van der Waals surface area contributed by atoms with Crippen molar-refractivity contribution in [3.05, 3.63) is 41.5 Å². The number of likely N-dealkylation sites (tertiary alicyclic amines) is 1. The molecule has 2 fully saturated rings. The van der Waals surface area contributed by atoms with Crippen molar-refractivity contribution in [1.82, 2.24) is 4.90 Å². The maximum Gasteiger partial charge on any atom is 0.249 e. The van der Waals surface area contributed by atoms with Crippen molar-refractivity contribution < 1.29 is 4.79 Å². The average molecular weight is 259 g/mol. The molecule has 2 heterocycles. The van der Waals surface area contributed by atoms with E-state index in [0.717, 1.165) is 23.4 Å². The Bertz CT molecular complexity index is 483. The number of rotatable bonds is 2. The molecule has 0 radical (unpaired) electrons. The number of carbonyl (C=O) groups excluding carboxylic acids is 1. The first-order valence-corrected chi connectivity index (χ1v) is 7.45. The molecule has 2 bridgehead atoms. The second-order valence-corrected chi connectivity index (χ2v) is 6.37. The standard InChI is InChI=1S/C15H17NOS/c1-11(7-12-5-3-2-4-6-12)15(17)16-9-14-8-13(16)10-18-14/h2-7,13-14H,8-10H2,1H3/b11-7+. The largest absolute Gasteiger partial charge is 0.334 e. The molecule has 3 rings (SSSR count). The summed E-state index contributed by atoms with van der Waals surface area (Å²) in [6, 6.07) is 10.5. The molecular formula is C15H17NOS. The van der Waals surface area contributed by atoms with E-state index in [-0.39, 0.29) is 5.91 Å². The molecule has 1 aromatic carbocycles. The second-order valence-electron chi connectivity index (χ2n) is 5.04. The quantitative estimate of drug-likeness (QED) is 0.761. The normalized spacial score (nSPS) is 26.7. The molecule has 2 aliphatic heterocycles. The summed E-state index contributed by atoms with van der Waals surface area (Å²) in [5, 5.41) is 0.684. The Balaban J connectivity index is 1.75. The van der Waals surface area contributed by atoms with E-state index in [1.54, 1.807) is 0 Å². The molecule has 94 valence electrons. The number of hydrogen-bond acceptors (Lipinski definition) is 2. The first kappa shape index (κ1) is 11.8. The summed E-state index contributed by atoms with van der Waals surface area (Å²) in [6.45, 7) is 2.86. The number of nitrogens with zero attached hydrogens (tertiary/aromatic N) is 1. The fourth-order valence-electron chi connectivity index (χ4n) is 2.74. The molecule has 3 heteroatoms. The maximum absolute atomic E-state index is 12.4. The fourth-order valence-corrected chi connectivity index (χ4v) is 4.17. The second kappa shape index (κ2) is 4.81. The maximum atomic E-state index is 12.4. The van der Waals surface area contributed by atoms with E-state index in [4.69, 9.17) is 0 Å². The molecule has 0 spiro atoms. The van der Waals surface area contributed by atoms with Crippen molar-refractivity contribution in [3.8, 4) is 0 Å². The average Bonchev–Trinajstić information content (AvgIpc) is 3.01. The lowest BCUT2D eigenvalue weighted by Gasteiger charge is -2.27. The van der Waals surface area contributed by atoms with Crippen molar-refractivity contribution in [2.75, 3.05) is 12.3 Å². The molecule has 1 amide bonds. The van der Waals surface area contributed by atoms with Crippen molar-refractivity contribution in [2.24, 2.45) is 0 Å². The van der Waals surface area contributed by atoms with Crippen molar-refractivity contribution in [1.29, 1.82) is 0 Å². The van der Waals surface area contributed by atoms with Gasteiger partial charge in [-0.3, -0.25) is 4.79 Å². The van der Waals surface area contributed by atoms with E-state index in [1.165, 1.54) is 6.42 Å². The molecule has 1 aromatic rings. The van der Waals surface area contributed by atoms with Gasteiger partial charge in [-0.1, -0.05) is 30.3 Å². The molecule has 2 unspecified atom stereocenters. The van der Waals surface area contributed by atoms with Gasteiger partial charge in [-0.05, 0) is 25.0 Å². The minimum atomic E-state index is 0.214. The summed E-state index contributed by atoms with van der Waals surface area (Å²) in [7, 11) is 0. The highest BCUT2D eigenvalue weighted by atomic mass is 32.2. The molecule has 0 aliphatic carbocycles. The Morgan fingerprint density at radius 1 is 1.39 bits per heavy atom. The zero-order valence-electron chi connectivity index (χ0n) is 10.5. The van der Waals surface area contributed by atoms with Crippen molar-refractivity contribution in [3.63, 3.8) is 0 Å². The smallest absolute Gasteiger partial charge is 0.249 e. The number of fused-ring (bicyclic) bond motifs is 2. The number of amides is 1. The zero-order chi connectivity index (χ0) is 12.5. The van der Waals surface area contributed by atoms with Crippen LogP contribution in [0.1, 0.15) is 18.9 Å². The topological polar surface area (TPSA) is 20.3 Å². The molecule has 0 aromatic heterocycles. The van der Waals surface area contributed by atoms with Crippen molar-refractivity contribution in [2.45, 2.75) is 24.6 Å². The van der Waals surface area contributed by atoms with Gasteiger partial charge in [0.1, 0.15) is 0 Å². The Kier molecular flexibility index (Phi) is 3.16. The Morgan fingerprint density at radius 2 is 2.17 bits per heavy atom. The highest BCUT2D eigenvalue weighted by Gasteiger charge is 2.40. The van der Waals surface area contributed by atoms with Crippen LogP contribution >= 0.6 is 11.8 Å². The fraction of sp³-hybridized carbons (Fsp3) is 0.400. The van der Waals surface area contributed by atoms with Crippen LogP contribution in [0.2, 0.25) is 0 Å². The molecule has 2 saturated heterocycles. The van der Waals surface area contributed by atoms with Crippen LogP contribution in [0.3, 0.4) is 0 Å². The van der Waals surface area contributed by atoms with Gasteiger partial charge in [0.25, 0.3) is 0 Å². The van der Waals surface area contributed by atoms with E-state index in [1.807, 2.05) is 55.1 Å². The van der Waals surface area contributed by atoms with Crippen LogP contribution in [0, 0.1) is 0 Å². The van der Waals surface area contributed by atoms with Gasteiger partial charge in [0, 0.05) is 29.2 Å². The monoisotopic (exact) mass is 259 g/mol. The first-order valence-electron chi connectivity index (χ1n) is 6.40. The highest BCUT2D eigenvalue weighted by molar-refractivity contribution is 8.00. The van der Waals surface area contributed by atoms with E-state index in [9.17, 15) is 4.79 Å². The van der Waals surface area contributed by atoms with Crippen LogP contribution in [0.5, 0.6) is 0 Å². The third-order valence-electron chi connectivity index (χ3n) is 3.68. The van der Waals surface area contributed by atoms with Gasteiger partial charge in [0.05, 0.1) is 0 Å². The van der Waals surface area contributed by atoms with Gasteiger partial charge in [0.15, 0.2) is 0 Å². The predicted molar refractivity (Wildman–Crippen MR) is 76.5 cm³/mol. The third kappa shape index (κ3) is 2.19. The first-order chi connectivity index (χ1) is 8.74. The summed E-state index contributed by atoms with van der Waals surface area (Å²) in [4.78, 5) is 14.5. The van der Waals surface area contributed by atoms with Crippen LogP contribution in [0.25, 0.3) is 6.08 Å². The zero-order valence-corrected chi connectivity index (χ0v) is 11.3. The van der Waals surface area contributed by atoms with Gasteiger partial charge in [0.2, 0.25) is 5.91 Å². The lowest BCUT2D eigenvalue weighted by molar-refractivity contribution is -0.127. The van der Waals surface area contributed by atoms with E-state index in [2.05, 4.69) is 4.90 Å². The predicted octanol–water partition coefficient (Wildman–Crippen LogP) is 2.81. The molecule has 2 nitrogen and oxygen atoms in total. The summed E-state index contributed by atoms with van der Waals surface area (Å²) in [6.07, 6.45) is 3.18. The van der Waals surface area contributed by atoms with Crippen LogP contribution in [-0.4, -0.2) is 34.4 Å². The summed E-state index contributed by atoms with van der Waals surface area (Å²) in [5.74, 6) is 1.33. The van der Waals surface area contributed by atoms with Crippen LogP contribution in [-0.2, 0) is 4.79 Å². The van der Waals surface area contributed by atoms with E-state index in [0.29, 0.717) is 11.3 Å². The summed E-state index contributed by atoms with van der Waals surface area (Å²) in [5.41, 5.74) is 1.95. The van der Waals surface area contributed by atoms with Gasteiger partial charge < -0.3 is 4.90 Å². The Labute approximate surface area is 112 Å². The molecule has 2 atom stereocenters. The van der Waals surface area contributed by atoms with E-state index < -0.39 is 0 Å². The Hall–Kier alpha value is -1.22. The van der Waals surface area contributed by atoms with Crippen LogP contribution in [0.15, 0.2) is 35.9 Å². The Morgan fingerprint density at radius 3 is 2.78 bits per heavy atom. The van der Waals surface area contributed by atoms with E-state index >= 15 is 0 Å². The SMILES string of the molecule is C/C(=C\c1ccccc1)C(=O)N1CC2CC1CS2. The number of thioether (sulfide) groups is 1. The third-order valence-corrected chi connectivity index (χ3v) is 5.07. The van der Waals surface area contributed by atoms with Crippen LogP contribution in [0.4, 0.5) is 0 Å². The molecule has 0 saturated carbocycles. The number of hydrogen-bond donors (Lipinski definition) is 0. The minimum absolute atomic E-state index is 0.214. The molecular weight excluding hydrogens is 242 g/mol. The molecule has 0 N–H and O–H groups in total. The molecule has 18 heavy (non-hydrogen) atoms. The summed E-state index contributed by atoms with van der Waals surface area (Å²) >= 11 is 2.02. The molecule has 2 aliphatic rings. The van der Waals surface area contributed by atoms with Gasteiger partial charge in [-0.2, -0.15) is 11.8 Å². The number of benzene rings is 1. The minimum Gasteiger partial charge on any atom is -0.334 e. The van der Waals surface area contributed by atoms with Gasteiger partial charge >= 0.3 is 0 Å². The number of carbonyl (C=O) groups is 1. The van der Waals surface area contributed by atoms with Crippen LogP contribution < -0.4 is 0 Å². The van der Waals surface area contributed by atoms with Gasteiger partial charge in [-0.15, -0.1) is 0 Å². The summed E-state index contributed by atoms with van der Waals surface area (Å²) < 4.78 is 0. The lowest BCUT2D eigenvalue weighted by Crippen LogP contribution is -2.39. The van der Waals surface area contributed by atoms with Crippen molar-refractivity contribution >= 4 is 23.7 Å².